The molecular weight excluding hydrogens is 272 g/mol. The van der Waals surface area contributed by atoms with Crippen LogP contribution in [0.2, 0.25) is 0 Å². The second-order valence-corrected chi connectivity index (χ2v) is 4.40. The van der Waals surface area contributed by atoms with Crippen molar-refractivity contribution in [2.45, 2.75) is 6.42 Å². The Morgan fingerprint density at radius 3 is 2.76 bits per heavy atom. The summed E-state index contributed by atoms with van der Waals surface area (Å²) in [5.41, 5.74) is 1.27. The zero-order chi connectivity index (χ0) is 15.2. The number of hydrogen-bond donors (Lipinski definition) is 1. The van der Waals surface area contributed by atoms with E-state index in [1.165, 1.54) is 11.0 Å². The maximum absolute atomic E-state index is 11.8. The Bertz CT molecular complexity index is 624. The molecule has 0 spiro atoms. The van der Waals surface area contributed by atoms with Gasteiger partial charge in [0.15, 0.2) is 5.69 Å². The van der Waals surface area contributed by atoms with Crippen molar-refractivity contribution in [1.82, 2.24) is 20.3 Å². The van der Waals surface area contributed by atoms with Crippen LogP contribution >= 0.6 is 0 Å². The fraction of sp³-hybridized carbons (Fsp3) is 0.357. The van der Waals surface area contributed by atoms with Gasteiger partial charge >= 0.3 is 0 Å². The number of carbonyl (C=O) groups excluding carboxylic acids is 1. The van der Waals surface area contributed by atoms with Gasteiger partial charge in [0.1, 0.15) is 11.5 Å². The number of aryl methyl sites for hydroxylation is 1. The first-order valence-corrected chi connectivity index (χ1v) is 6.49. The summed E-state index contributed by atoms with van der Waals surface area (Å²) in [5.74, 6) is 1.28. The lowest BCUT2D eigenvalue weighted by molar-refractivity contribution is 0.0948. The summed E-state index contributed by atoms with van der Waals surface area (Å²) < 4.78 is 10.5. The van der Waals surface area contributed by atoms with Gasteiger partial charge < -0.3 is 14.8 Å². The number of carbonyl (C=O) groups is 1. The second-order valence-electron chi connectivity index (χ2n) is 4.40. The molecule has 0 aliphatic rings. The molecule has 1 aromatic heterocycles. The van der Waals surface area contributed by atoms with Gasteiger partial charge in [-0.15, -0.1) is 5.10 Å². The van der Waals surface area contributed by atoms with Crippen molar-refractivity contribution in [3.63, 3.8) is 0 Å². The van der Waals surface area contributed by atoms with Crippen LogP contribution in [0.3, 0.4) is 0 Å². The number of aromatic nitrogens is 3. The Balaban J connectivity index is 1.95. The predicted octanol–water partition coefficient (Wildman–Crippen LogP) is 0.805. The zero-order valence-electron chi connectivity index (χ0n) is 12.3. The minimum absolute atomic E-state index is 0.245. The van der Waals surface area contributed by atoms with Gasteiger partial charge in [0.25, 0.3) is 5.91 Å². The van der Waals surface area contributed by atoms with Crippen molar-refractivity contribution in [1.29, 1.82) is 0 Å². The first-order valence-electron chi connectivity index (χ1n) is 6.49. The molecule has 0 aliphatic carbocycles. The summed E-state index contributed by atoms with van der Waals surface area (Å²) in [5, 5.41) is 10.6. The fourth-order valence-electron chi connectivity index (χ4n) is 1.93. The molecule has 0 fully saturated rings. The first kappa shape index (κ1) is 14.8. The molecule has 0 unspecified atom stereocenters. The molecule has 2 rings (SSSR count). The van der Waals surface area contributed by atoms with Crippen LogP contribution in [-0.2, 0) is 13.5 Å². The maximum Gasteiger partial charge on any atom is 0.273 e. The lowest BCUT2D eigenvalue weighted by Crippen LogP contribution is -2.26. The summed E-state index contributed by atoms with van der Waals surface area (Å²) in [6, 6.07) is 5.58. The monoisotopic (exact) mass is 290 g/mol. The van der Waals surface area contributed by atoms with Crippen molar-refractivity contribution in [3.8, 4) is 11.5 Å². The number of benzene rings is 1. The summed E-state index contributed by atoms with van der Waals surface area (Å²) in [6.07, 6.45) is 2.06. The van der Waals surface area contributed by atoms with Gasteiger partial charge in [-0.2, -0.15) is 9.90 Å². The molecule has 1 N–H and O–H groups in total. The van der Waals surface area contributed by atoms with E-state index in [4.69, 9.17) is 9.47 Å². The van der Waals surface area contributed by atoms with Crippen LogP contribution in [-0.4, -0.2) is 41.7 Å². The highest BCUT2D eigenvalue weighted by molar-refractivity contribution is 5.91. The molecule has 2 aromatic rings. The SMILES string of the molecule is COc1ccc(OC)c(CCNC(=O)c2cnn(C)n2)c1. The van der Waals surface area contributed by atoms with E-state index < -0.39 is 0 Å². The number of amides is 1. The van der Waals surface area contributed by atoms with Crippen molar-refractivity contribution >= 4 is 5.91 Å². The number of nitrogens with zero attached hydrogens (tertiary/aromatic N) is 3. The van der Waals surface area contributed by atoms with Gasteiger partial charge in [0.2, 0.25) is 0 Å². The summed E-state index contributed by atoms with van der Waals surface area (Å²) in [7, 11) is 4.89. The summed E-state index contributed by atoms with van der Waals surface area (Å²) >= 11 is 0. The van der Waals surface area contributed by atoms with Gasteiger partial charge in [-0.05, 0) is 30.2 Å². The van der Waals surface area contributed by atoms with Crippen LogP contribution in [0.15, 0.2) is 24.4 Å². The summed E-state index contributed by atoms with van der Waals surface area (Å²) in [4.78, 5) is 13.2. The van der Waals surface area contributed by atoms with Gasteiger partial charge in [0, 0.05) is 13.6 Å². The lowest BCUT2D eigenvalue weighted by atomic mass is 10.1. The number of rotatable bonds is 6. The van der Waals surface area contributed by atoms with Gasteiger partial charge in [-0.25, -0.2) is 0 Å². The van der Waals surface area contributed by atoms with Crippen LogP contribution in [0.5, 0.6) is 11.5 Å². The van der Waals surface area contributed by atoms with E-state index >= 15 is 0 Å². The highest BCUT2D eigenvalue weighted by Crippen LogP contribution is 2.24. The molecule has 21 heavy (non-hydrogen) atoms. The standard InChI is InChI=1S/C14H18N4O3/c1-18-16-9-12(17-18)14(19)15-7-6-10-8-11(20-2)4-5-13(10)21-3/h4-5,8-9H,6-7H2,1-3H3,(H,15,19). The van der Waals surface area contributed by atoms with Crippen molar-refractivity contribution in [2.75, 3.05) is 20.8 Å². The van der Waals surface area contributed by atoms with E-state index in [0.29, 0.717) is 18.7 Å². The average Bonchev–Trinajstić information content (AvgIpc) is 2.93. The van der Waals surface area contributed by atoms with E-state index in [1.807, 2.05) is 18.2 Å². The van der Waals surface area contributed by atoms with E-state index in [1.54, 1.807) is 21.3 Å². The molecule has 112 valence electrons. The summed E-state index contributed by atoms with van der Waals surface area (Å²) in [6.45, 7) is 0.471. The molecule has 0 saturated carbocycles. The Morgan fingerprint density at radius 2 is 2.14 bits per heavy atom. The van der Waals surface area contributed by atoms with Crippen molar-refractivity contribution < 1.29 is 14.3 Å². The number of ether oxygens (including phenoxy) is 2. The highest BCUT2D eigenvalue weighted by atomic mass is 16.5. The Hall–Kier alpha value is -2.57. The maximum atomic E-state index is 11.8. The third kappa shape index (κ3) is 3.71. The predicted molar refractivity (Wildman–Crippen MR) is 76.6 cm³/mol. The normalized spacial score (nSPS) is 10.2. The molecule has 0 radical (unpaired) electrons. The molecule has 0 aliphatic heterocycles. The second kappa shape index (κ2) is 6.74. The molecule has 0 bridgehead atoms. The van der Waals surface area contributed by atoms with Gasteiger partial charge in [-0.1, -0.05) is 0 Å². The van der Waals surface area contributed by atoms with Gasteiger partial charge in [-0.3, -0.25) is 4.79 Å². The number of nitrogens with one attached hydrogen (secondary N) is 1. The Labute approximate surface area is 122 Å². The van der Waals surface area contributed by atoms with Gasteiger partial charge in [0.05, 0.1) is 20.4 Å². The number of methoxy groups -OCH3 is 2. The molecule has 0 atom stereocenters. The molecule has 7 heteroatoms. The van der Waals surface area contributed by atoms with E-state index in [-0.39, 0.29) is 5.91 Å². The van der Waals surface area contributed by atoms with Crippen LogP contribution in [0.4, 0.5) is 0 Å². The van der Waals surface area contributed by atoms with Crippen LogP contribution < -0.4 is 14.8 Å². The van der Waals surface area contributed by atoms with Crippen LogP contribution in [0, 0.1) is 0 Å². The fourth-order valence-corrected chi connectivity index (χ4v) is 1.93. The molecular formula is C14H18N4O3. The van der Waals surface area contributed by atoms with Crippen molar-refractivity contribution in [2.24, 2.45) is 7.05 Å². The Kier molecular flexibility index (Phi) is 4.76. The molecule has 1 aromatic carbocycles. The van der Waals surface area contributed by atoms with E-state index in [2.05, 4.69) is 15.5 Å². The third-order valence-electron chi connectivity index (χ3n) is 3.00. The first-order chi connectivity index (χ1) is 10.1. The van der Waals surface area contributed by atoms with E-state index in [9.17, 15) is 4.79 Å². The highest BCUT2D eigenvalue weighted by Gasteiger charge is 2.10. The van der Waals surface area contributed by atoms with Crippen molar-refractivity contribution in [3.05, 3.63) is 35.7 Å². The molecule has 0 saturated heterocycles. The van der Waals surface area contributed by atoms with Crippen LogP contribution in [0.25, 0.3) is 0 Å². The molecule has 1 amide bonds. The topological polar surface area (TPSA) is 78.3 Å². The average molecular weight is 290 g/mol. The van der Waals surface area contributed by atoms with Crippen LogP contribution in [0.1, 0.15) is 16.1 Å². The minimum atomic E-state index is -0.245. The molecule has 7 nitrogen and oxygen atoms in total. The number of hydrogen-bond acceptors (Lipinski definition) is 5. The Morgan fingerprint density at radius 1 is 1.33 bits per heavy atom. The minimum Gasteiger partial charge on any atom is -0.497 e. The quantitative estimate of drug-likeness (QED) is 0.851. The lowest BCUT2D eigenvalue weighted by Gasteiger charge is -2.10. The third-order valence-corrected chi connectivity index (χ3v) is 3.00. The van der Waals surface area contributed by atoms with E-state index in [0.717, 1.165) is 17.1 Å². The smallest absolute Gasteiger partial charge is 0.273 e. The zero-order valence-corrected chi connectivity index (χ0v) is 12.3. The molecule has 1 heterocycles. The largest absolute Gasteiger partial charge is 0.497 e.